The fraction of sp³-hybridized carbons (Fsp3) is 0.105. The van der Waals surface area contributed by atoms with Crippen LogP contribution in [0.15, 0.2) is 63.1 Å². The van der Waals surface area contributed by atoms with Crippen LogP contribution in [-0.4, -0.2) is 20.9 Å². The number of fused-ring (bicyclic) bond motifs is 1. The van der Waals surface area contributed by atoms with Crippen molar-refractivity contribution in [3.8, 4) is 10.8 Å². The normalized spacial score (nSPS) is 16.0. The number of phenols is 1. The van der Waals surface area contributed by atoms with Crippen molar-refractivity contribution in [1.82, 2.24) is 4.98 Å². The molecule has 8 heteroatoms. The third-order valence-electron chi connectivity index (χ3n) is 4.32. The molecule has 1 aromatic heterocycles. The monoisotopic (exact) mass is 381 g/mol. The number of aromatic nitrogens is 1. The Labute approximate surface area is 157 Å². The predicted octanol–water partition coefficient (Wildman–Crippen LogP) is 2.89. The summed E-state index contributed by atoms with van der Waals surface area (Å²) in [6, 6.07) is 13.9. The molecule has 2 heterocycles. The van der Waals surface area contributed by atoms with Crippen LogP contribution in [0, 0.1) is 0 Å². The zero-order valence-electron chi connectivity index (χ0n) is 14.0. The number of aliphatic imine (C=N–C) groups is 1. The van der Waals surface area contributed by atoms with E-state index in [0.717, 1.165) is 11.3 Å². The fourth-order valence-electron chi connectivity index (χ4n) is 3.05. The van der Waals surface area contributed by atoms with E-state index in [1.54, 1.807) is 30.3 Å². The van der Waals surface area contributed by atoms with Gasteiger partial charge in [0, 0.05) is 6.42 Å². The van der Waals surface area contributed by atoms with Crippen LogP contribution in [0.3, 0.4) is 0 Å². The molecule has 0 radical (unpaired) electrons. The minimum absolute atomic E-state index is 0.00174. The van der Waals surface area contributed by atoms with Crippen LogP contribution in [0.1, 0.15) is 23.6 Å². The number of phenolic OH excluding ortho intramolecular Hbond substituents is 1. The Hall–Kier alpha value is -3.39. The molecule has 2 aromatic carbocycles. The highest BCUT2D eigenvalue weighted by atomic mass is 32.1. The largest absolute Gasteiger partial charge is 0.508 e. The smallest absolute Gasteiger partial charge is 0.310 e. The van der Waals surface area contributed by atoms with Gasteiger partial charge in [-0.1, -0.05) is 24.3 Å². The Morgan fingerprint density at radius 3 is 2.52 bits per heavy atom. The van der Waals surface area contributed by atoms with E-state index in [4.69, 9.17) is 0 Å². The Morgan fingerprint density at radius 1 is 1.04 bits per heavy atom. The quantitative estimate of drug-likeness (QED) is 0.545. The number of nitrogens with one attached hydrogen (secondary N) is 2. The van der Waals surface area contributed by atoms with Crippen LogP contribution in [0.2, 0.25) is 0 Å². The molecule has 0 fully saturated rings. The number of hydrogen-bond acceptors (Lipinski definition) is 7. The highest BCUT2D eigenvalue weighted by Crippen LogP contribution is 2.36. The lowest BCUT2D eigenvalue weighted by Gasteiger charge is -2.19. The van der Waals surface area contributed by atoms with Crippen LogP contribution in [-0.2, 0) is 0 Å². The molecule has 27 heavy (non-hydrogen) atoms. The first-order chi connectivity index (χ1) is 13.0. The van der Waals surface area contributed by atoms with Crippen molar-refractivity contribution in [2.75, 3.05) is 5.32 Å². The molecule has 0 saturated heterocycles. The average Bonchev–Trinajstić information content (AvgIpc) is 2.81. The molecule has 1 aliphatic rings. The van der Waals surface area contributed by atoms with E-state index in [-0.39, 0.29) is 22.4 Å². The topological polar surface area (TPSA) is 115 Å². The number of aromatic amines is 1. The second kappa shape index (κ2) is 6.73. The third-order valence-corrected chi connectivity index (χ3v) is 5.00. The first kappa shape index (κ1) is 17.0. The van der Waals surface area contributed by atoms with Gasteiger partial charge >= 0.3 is 4.87 Å². The molecule has 3 aromatic rings. The molecule has 0 saturated carbocycles. The van der Waals surface area contributed by atoms with Crippen LogP contribution < -0.4 is 15.7 Å². The molecule has 7 nitrogen and oxygen atoms in total. The molecule has 0 bridgehead atoms. The van der Waals surface area contributed by atoms with Crippen LogP contribution in [0.25, 0.3) is 0 Å². The van der Waals surface area contributed by atoms with Crippen molar-refractivity contribution in [2.45, 2.75) is 12.5 Å². The second-order valence-electron chi connectivity index (χ2n) is 6.09. The maximum absolute atomic E-state index is 12.3. The summed E-state index contributed by atoms with van der Waals surface area (Å²) in [7, 11) is 0. The van der Waals surface area contributed by atoms with E-state index >= 15 is 0 Å². The maximum Gasteiger partial charge on any atom is 0.310 e. The summed E-state index contributed by atoms with van der Waals surface area (Å²) in [5, 5.41) is 22.8. The van der Waals surface area contributed by atoms with Gasteiger partial charge in [0.05, 0.1) is 23.1 Å². The number of rotatable bonds is 2. The highest BCUT2D eigenvalue weighted by Gasteiger charge is 2.25. The van der Waals surface area contributed by atoms with Crippen molar-refractivity contribution < 1.29 is 10.2 Å². The summed E-state index contributed by atoms with van der Waals surface area (Å²) in [4.78, 5) is 29.9. The summed E-state index contributed by atoms with van der Waals surface area (Å²) in [6.07, 6.45) is 0.307. The number of nitrogens with zero attached hydrogens (tertiary/aromatic N) is 1. The predicted molar refractivity (Wildman–Crippen MR) is 105 cm³/mol. The Kier molecular flexibility index (Phi) is 4.25. The Bertz CT molecular complexity index is 1150. The number of benzene rings is 2. The number of hydrogen-bond donors (Lipinski definition) is 4. The van der Waals surface area contributed by atoms with Crippen molar-refractivity contribution in [2.24, 2.45) is 4.99 Å². The van der Waals surface area contributed by atoms with Gasteiger partial charge in [0.15, 0.2) is 5.06 Å². The first-order valence-corrected chi connectivity index (χ1v) is 9.02. The molecule has 4 rings (SSSR count). The third kappa shape index (κ3) is 3.34. The summed E-state index contributed by atoms with van der Waals surface area (Å²) in [5.74, 6) is 0.156. The number of H-pyrrole nitrogens is 1. The summed E-state index contributed by atoms with van der Waals surface area (Å²) in [5.41, 5.74) is 2.01. The first-order valence-electron chi connectivity index (χ1n) is 8.20. The van der Waals surface area contributed by atoms with E-state index in [1.807, 2.05) is 18.2 Å². The van der Waals surface area contributed by atoms with Crippen molar-refractivity contribution in [3.63, 3.8) is 0 Å². The van der Waals surface area contributed by atoms with Crippen LogP contribution in [0.4, 0.5) is 11.4 Å². The van der Waals surface area contributed by atoms with E-state index in [9.17, 15) is 19.8 Å². The Balaban J connectivity index is 1.88. The molecular weight excluding hydrogens is 366 g/mol. The van der Waals surface area contributed by atoms with Gasteiger partial charge < -0.3 is 15.5 Å². The van der Waals surface area contributed by atoms with Gasteiger partial charge in [-0.3, -0.25) is 19.6 Å². The van der Waals surface area contributed by atoms with E-state index in [2.05, 4.69) is 15.3 Å². The molecule has 1 atom stereocenters. The molecule has 136 valence electrons. The molecule has 1 aliphatic heterocycles. The Morgan fingerprint density at radius 2 is 1.78 bits per heavy atom. The fourth-order valence-corrected chi connectivity index (χ4v) is 3.69. The average molecular weight is 381 g/mol. The lowest BCUT2D eigenvalue weighted by atomic mass is 9.98. The molecule has 0 amide bonds. The minimum Gasteiger partial charge on any atom is -0.508 e. The summed E-state index contributed by atoms with van der Waals surface area (Å²) < 4.78 is 0. The number of aromatic hydroxyl groups is 2. The lowest BCUT2D eigenvalue weighted by molar-refractivity contribution is 0.475. The highest BCUT2D eigenvalue weighted by molar-refractivity contribution is 7.11. The van der Waals surface area contributed by atoms with E-state index < -0.39 is 10.4 Å². The van der Waals surface area contributed by atoms with Gasteiger partial charge in [0.25, 0.3) is 5.56 Å². The van der Waals surface area contributed by atoms with Crippen LogP contribution in [0.5, 0.6) is 10.8 Å². The molecule has 0 aliphatic carbocycles. The van der Waals surface area contributed by atoms with Gasteiger partial charge in [-0.25, -0.2) is 0 Å². The summed E-state index contributed by atoms with van der Waals surface area (Å²) in [6.45, 7) is 0. The van der Waals surface area contributed by atoms with Crippen molar-refractivity contribution >= 4 is 28.4 Å². The van der Waals surface area contributed by atoms with Crippen molar-refractivity contribution in [1.29, 1.82) is 0 Å². The zero-order valence-corrected chi connectivity index (χ0v) is 14.8. The van der Waals surface area contributed by atoms with Gasteiger partial charge in [-0.2, -0.15) is 0 Å². The van der Waals surface area contributed by atoms with Crippen molar-refractivity contribution in [3.05, 3.63) is 79.7 Å². The molecule has 4 N–H and O–H groups in total. The molecular formula is C19H15N3O4S. The van der Waals surface area contributed by atoms with E-state index in [1.165, 1.54) is 0 Å². The zero-order chi connectivity index (χ0) is 19.0. The number of para-hydroxylation sites is 2. The minimum atomic E-state index is -0.668. The van der Waals surface area contributed by atoms with Gasteiger partial charge in [0.2, 0.25) is 0 Å². The summed E-state index contributed by atoms with van der Waals surface area (Å²) >= 11 is 0.564. The maximum atomic E-state index is 12.3. The molecule has 0 spiro atoms. The standard InChI is InChI=1S/C19H15N3O4S/c23-11-7-5-10(6-8-11)14-9-15(16-17(24)22-19(26)27-18(16)25)21-13-4-2-1-3-12(13)20-14/h1-8,14,20,23,25H,9H2,(H,22,24,26)/t14-/m0/s1. The van der Waals surface area contributed by atoms with Gasteiger partial charge in [-0.15, -0.1) is 0 Å². The van der Waals surface area contributed by atoms with Gasteiger partial charge in [-0.05, 0) is 41.2 Å². The number of anilines is 1. The second-order valence-corrected chi connectivity index (χ2v) is 7.05. The lowest BCUT2D eigenvalue weighted by Crippen LogP contribution is -2.25. The SMILES string of the molecule is O=c1[nH]c(=O)c(C2=Nc3ccccc3N[C@H](c3ccc(O)cc3)C2)c(O)s1. The van der Waals surface area contributed by atoms with Gasteiger partial charge in [0.1, 0.15) is 11.3 Å². The molecule has 0 unspecified atom stereocenters. The van der Waals surface area contributed by atoms with Crippen LogP contribution >= 0.6 is 11.3 Å². The van der Waals surface area contributed by atoms with E-state index in [0.29, 0.717) is 29.2 Å².